The Hall–Kier alpha value is -2.34. The molecule has 1 aromatic carbocycles. The van der Waals surface area contributed by atoms with E-state index in [0.29, 0.717) is 18.5 Å². The van der Waals surface area contributed by atoms with Gasteiger partial charge in [-0.05, 0) is 43.4 Å². The van der Waals surface area contributed by atoms with E-state index in [2.05, 4.69) is 33.9 Å². The fourth-order valence-corrected chi connectivity index (χ4v) is 3.94. The van der Waals surface area contributed by atoms with Crippen LogP contribution in [-0.4, -0.2) is 41.3 Å². The first kappa shape index (κ1) is 17.1. The number of H-pyrrole nitrogens is 1. The van der Waals surface area contributed by atoms with Crippen molar-refractivity contribution < 1.29 is 9.47 Å². The van der Waals surface area contributed by atoms with E-state index >= 15 is 0 Å². The van der Waals surface area contributed by atoms with E-state index in [1.807, 2.05) is 13.0 Å². The van der Waals surface area contributed by atoms with E-state index in [4.69, 9.17) is 9.47 Å². The van der Waals surface area contributed by atoms with Crippen LogP contribution >= 0.6 is 0 Å². The molecule has 2 aromatic rings. The van der Waals surface area contributed by atoms with E-state index in [-0.39, 0.29) is 5.56 Å². The van der Waals surface area contributed by atoms with Crippen LogP contribution in [-0.2, 0) is 19.3 Å². The molecule has 2 aliphatic heterocycles. The van der Waals surface area contributed by atoms with Gasteiger partial charge in [-0.2, -0.15) is 0 Å². The van der Waals surface area contributed by atoms with Crippen LogP contribution in [0.2, 0.25) is 0 Å². The molecule has 0 fully saturated rings. The maximum absolute atomic E-state index is 12.2. The van der Waals surface area contributed by atoms with Gasteiger partial charge in [0.1, 0.15) is 5.82 Å². The van der Waals surface area contributed by atoms with Gasteiger partial charge in [-0.25, -0.2) is 4.98 Å². The minimum Gasteiger partial charge on any atom is -0.454 e. The van der Waals surface area contributed by atoms with E-state index in [9.17, 15) is 4.79 Å². The number of ether oxygens (including phenoxy) is 2. The lowest BCUT2D eigenvalue weighted by atomic mass is 10.00. The number of hydrogen-bond acceptors (Lipinski definition) is 5. The van der Waals surface area contributed by atoms with Crippen molar-refractivity contribution in [2.24, 2.45) is 5.92 Å². The molecule has 0 aliphatic carbocycles. The molecule has 0 spiro atoms. The monoisotopic (exact) mass is 355 g/mol. The molecule has 1 unspecified atom stereocenters. The summed E-state index contributed by atoms with van der Waals surface area (Å²) < 4.78 is 10.8. The number of benzene rings is 1. The smallest absolute Gasteiger partial charge is 0.254 e. The summed E-state index contributed by atoms with van der Waals surface area (Å²) in [4.78, 5) is 22.0. The zero-order valence-electron chi connectivity index (χ0n) is 15.4. The quantitative estimate of drug-likeness (QED) is 0.910. The Morgan fingerprint density at radius 3 is 2.92 bits per heavy atom. The molecule has 0 saturated heterocycles. The number of fused-ring (bicyclic) bond motifs is 2. The second-order valence-electron chi connectivity index (χ2n) is 7.37. The van der Waals surface area contributed by atoms with Gasteiger partial charge in [0, 0.05) is 31.6 Å². The molecule has 4 rings (SSSR count). The van der Waals surface area contributed by atoms with E-state index in [1.165, 1.54) is 5.56 Å². The average molecular weight is 355 g/mol. The van der Waals surface area contributed by atoms with E-state index in [0.717, 1.165) is 61.7 Å². The Morgan fingerprint density at radius 2 is 2.04 bits per heavy atom. The van der Waals surface area contributed by atoms with Crippen LogP contribution in [0, 0.1) is 12.8 Å². The topological polar surface area (TPSA) is 67.5 Å². The van der Waals surface area contributed by atoms with Crippen molar-refractivity contribution in [3.63, 3.8) is 0 Å². The zero-order valence-corrected chi connectivity index (χ0v) is 15.4. The van der Waals surface area contributed by atoms with Crippen molar-refractivity contribution in [2.45, 2.75) is 33.1 Å². The van der Waals surface area contributed by atoms with Crippen molar-refractivity contribution in [1.29, 1.82) is 0 Å². The highest BCUT2D eigenvalue weighted by molar-refractivity contribution is 5.44. The highest BCUT2D eigenvalue weighted by atomic mass is 16.7. The van der Waals surface area contributed by atoms with Gasteiger partial charge >= 0.3 is 0 Å². The molecule has 1 atom stereocenters. The largest absolute Gasteiger partial charge is 0.454 e. The van der Waals surface area contributed by atoms with Crippen LogP contribution < -0.4 is 15.0 Å². The van der Waals surface area contributed by atoms with Gasteiger partial charge in [0.25, 0.3) is 5.56 Å². The maximum atomic E-state index is 12.2. The van der Waals surface area contributed by atoms with Gasteiger partial charge in [-0.15, -0.1) is 0 Å². The molecule has 0 amide bonds. The second kappa shape index (κ2) is 7.11. The Kier molecular flexibility index (Phi) is 4.68. The molecule has 26 heavy (non-hydrogen) atoms. The molecule has 1 aromatic heterocycles. The van der Waals surface area contributed by atoms with Crippen molar-refractivity contribution in [3.05, 3.63) is 51.2 Å². The molecule has 1 N–H and O–H groups in total. The van der Waals surface area contributed by atoms with Gasteiger partial charge < -0.3 is 19.4 Å². The van der Waals surface area contributed by atoms with Crippen LogP contribution in [0.15, 0.2) is 23.0 Å². The number of aromatic nitrogens is 2. The summed E-state index contributed by atoms with van der Waals surface area (Å²) in [5, 5.41) is 0. The van der Waals surface area contributed by atoms with Crippen LogP contribution in [0.1, 0.15) is 29.6 Å². The summed E-state index contributed by atoms with van der Waals surface area (Å²) in [5.74, 6) is 2.91. The van der Waals surface area contributed by atoms with Crippen LogP contribution in [0.25, 0.3) is 0 Å². The summed E-state index contributed by atoms with van der Waals surface area (Å²) in [5.41, 5.74) is 3.13. The standard InChI is InChI=1S/C20H25N3O3/c1-13(9-15-3-4-18-19(10-15)26-12-25-18)11-23-7-5-16-17(6-8-23)21-14(2)22-20(16)24/h3-4,10,13H,5-9,11-12H2,1-2H3,(H,21,22,24). The lowest BCUT2D eigenvalue weighted by Crippen LogP contribution is -2.32. The molecule has 6 heteroatoms. The highest BCUT2D eigenvalue weighted by Crippen LogP contribution is 2.33. The number of hydrogen-bond donors (Lipinski definition) is 1. The Morgan fingerprint density at radius 1 is 1.23 bits per heavy atom. The number of nitrogens with zero attached hydrogens (tertiary/aromatic N) is 2. The SMILES string of the molecule is Cc1nc2c(c(=O)[nH]1)CCN(CC(C)Cc1ccc3c(c1)OCO3)CC2. The summed E-state index contributed by atoms with van der Waals surface area (Å²) in [6, 6.07) is 6.20. The third kappa shape index (κ3) is 3.60. The van der Waals surface area contributed by atoms with Crippen molar-refractivity contribution in [1.82, 2.24) is 14.9 Å². The summed E-state index contributed by atoms with van der Waals surface area (Å²) in [6.45, 7) is 7.31. The summed E-state index contributed by atoms with van der Waals surface area (Å²) >= 11 is 0. The predicted octanol–water partition coefficient (Wildman–Crippen LogP) is 2.09. The normalized spacial score (nSPS) is 17.6. The Balaban J connectivity index is 1.37. The van der Waals surface area contributed by atoms with Crippen molar-refractivity contribution >= 4 is 0 Å². The number of nitrogens with one attached hydrogen (secondary N) is 1. The number of aryl methyl sites for hydroxylation is 1. The van der Waals surface area contributed by atoms with Gasteiger partial charge in [0.15, 0.2) is 11.5 Å². The van der Waals surface area contributed by atoms with Gasteiger partial charge in [0.05, 0.1) is 5.69 Å². The first-order valence-electron chi connectivity index (χ1n) is 9.28. The van der Waals surface area contributed by atoms with Gasteiger partial charge in [-0.1, -0.05) is 13.0 Å². The maximum Gasteiger partial charge on any atom is 0.254 e. The van der Waals surface area contributed by atoms with Gasteiger partial charge in [0.2, 0.25) is 6.79 Å². The fraction of sp³-hybridized carbons (Fsp3) is 0.500. The molecule has 0 bridgehead atoms. The van der Waals surface area contributed by atoms with E-state index in [1.54, 1.807) is 0 Å². The zero-order chi connectivity index (χ0) is 18.1. The highest BCUT2D eigenvalue weighted by Gasteiger charge is 2.20. The van der Waals surface area contributed by atoms with Crippen molar-refractivity contribution in [2.75, 3.05) is 26.4 Å². The van der Waals surface area contributed by atoms with Crippen LogP contribution in [0.3, 0.4) is 0 Å². The van der Waals surface area contributed by atoms with Crippen LogP contribution in [0.5, 0.6) is 11.5 Å². The molecule has 2 aliphatic rings. The third-order valence-corrected chi connectivity index (χ3v) is 5.15. The minimum atomic E-state index is 0.0303. The van der Waals surface area contributed by atoms with Crippen LogP contribution in [0.4, 0.5) is 0 Å². The average Bonchev–Trinajstić information content (AvgIpc) is 2.96. The first-order chi connectivity index (χ1) is 12.6. The number of aromatic amines is 1. The number of rotatable bonds is 4. The molecule has 138 valence electrons. The van der Waals surface area contributed by atoms with Crippen molar-refractivity contribution in [3.8, 4) is 11.5 Å². The molecule has 0 radical (unpaired) electrons. The van der Waals surface area contributed by atoms with Gasteiger partial charge in [-0.3, -0.25) is 4.79 Å². The molecular weight excluding hydrogens is 330 g/mol. The Bertz CT molecular complexity index is 862. The fourth-order valence-electron chi connectivity index (χ4n) is 3.94. The second-order valence-corrected chi connectivity index (χ2v) is 7.37. The molecule has 6 nitrogen and oxygen atoms in total. The van der Waals surface area contributed by atoms with E-state index < -0.39 is 0 Å². The molecule has 3 heterocycles. The molecular formula is C20H25N3O3. The minimum absolute atomic E-state index is 0.0303. The third-order valence-electron chi connectivity index (χ3n) is 5.15. The lowest BCUT2D eigenvalue weighted by Gasteiger charge is -2.24. The molecule has 0 saturated carbocycles. The first-order valence-corrected chi connectivity index (χ1v) is 9.28. The summed E-state index contributed by atoms with van der Waals surface area (Å²) in [7, 11) is 0. The Labute approximate surface area is 153 Å². The predicted molar refractivity (Wildman–Crippen MR) is 98.9 cm³/mol. The summed E-state index contributed by atoms with van der Waals surface area (Å²) in [6.07, 6.45) is 2.61. The lowest BCUT2D eigenvalue weighted by molar-refractivity contribution is 0.174.